The van der Waals surface area contributed by atoms with Crippen LogP contribution in [0, 0.1) is 0 Å². The van der Waals surface area contributed by atoms with Gasteiger partial charge in [-0.1, -0.05) is 6.92 Å². The van der Waals surface area contributed by atoms with Crippen molar-refractivity contribution < 1.29 is 19.0 Å². The molecule has 0 unspecified atom stereocenters. The van der Waals surface area contributed by atoms with Gasteiger partial charge in [-0.2, -0.15) is 5.10 Å². The number of carbonyl (C=O) groups is 1. The number of amides is 1. The second kappa shape index (κ2) is 10.7. The van der Waals surface area contributed by atoms with Crippen LogP contribution in [0.1, 0.15) is 29.4 Å². The maximum atomic E-state index is 12.4. The van der Waals surface area contributed by atoms with Gasteiger partial charge in [-0.15, -0.1) is 0 Å². The van der Waals surface area contributed by atoms with Gasteiger partial charge in [-0.3, -0.25) is 9.78 Å². The Kier molecular flexibility index (Phi) is 7.53. The molecule has 0 saturated heterocycles. The van der Waals surface area contributed by atoms with E-state index in [-0.39, 0.29) is 5.69 Å². The van der Waals surface area contributed by atoms with Gasteiger partial charge < -0.3 is 14.2 Å². The smallest absolute Gasteiger partial charge is 0.291 e. The fraction of sp³-hybridized carbons (Fsp3) is 0.217. The van der Waals surface area contributed by atoms with Crippen LogP contribution in [-0.2, 0) is 0 Å². The highest BCUT2D eigenvalue weighted by molar-refractivity contribution is 5.93. The third-order valence-electron chi connectivity index (χ3n) is 4.24. The Morgan fingerprint density at radius 3 is 2.39 bits per heavy atom. The first-order chi connectivity index (χ1) is 15.1. The molecule has 3 aromatic rings. The summed E-state index contributed by atoms with van der Waals surface area (Å²) in [6, 6.07) is 12.8. The predicted octanol–water partition coefficient (Wildman–Crippen LogP) is 3.71. The summed E-state index contributed by atoms with van der Waals surface area (Å²) in [6.45, 7) is 2.72. The molecular formula is C23H24N4O4. The number of nitrogens with one attached hydrogen (secondary N) is 1. The molecular weight excluding hydrogens is 396 g/mol. The van der Waals surface area contributed by atoms with E-state index in [9.17, 15) is 4.79 Å². The van der Waals surface area contributed by atoms with Crippen molar-refractivity contribution >= 4 is 12.1 Å². The molecule has 0 aliphatic rings. The van der Waals surface area contributed by atoms with Gasteiger partial charge in [-0.25, -0.2) is 10.4 Å². The third kappa shape index (κ3) is 6.02. The van der Waals surface area contributed by atoms with Gasteiger partial charge in [0.15, 0.2) is 0 Å². The van der Waals surface area contributed by atoms with E-state index in [4.69, 9.17) is 14.2 Å². The highest BCUT2D eigenvalue weighted by atomic mass is 16.5. The Morgan fingerprint density at radius 2 is 1.74 bits per heavy atom. The van der Waals surface area contributed by atoms with Crippen molar-refractivity contribution in [2.45, 2.75) is 13.3 Å². The Hall–Kier alpha value is -3.94. The van der Waals surface area contributed by atoms with E-state index in [1.165, 1.54) is 12.4 Å². The zero-order chi connectivity index (χ0) is 22.1. The van der Waals surface area contributed by atoms with E-state index < -0.39 is 5.91 Å². The lowest BCUT2D eigenvalue weighted by atomic mass is 10.1. The second-order valence-corrected chi connectivity index (χ2v) is 6.51. The van der Waals surface area contributed by atoms with Crippen LogP contribution in [0.5, 0.6) is 17.2 Å². The molecule has 1 aromatic heterocycles. The third-order valence-corrected chi connectivity index (χ3v) is 4.24. The maximum Gasteiger partial charge on any atom is 0.291 e. The molecule has 2 aromatic carbocycles. The Bertz CT molecular complexity index is 1030. The molecule has 0 aliphatic carbocycles. The number of nitrogens with zero attached hydrogens (tertiary/aromatic N) is 3. The van der Waals surface area contributed by atoms with Gasteiger partial charge in [0.25, 0.3) is 5.91 Å². The Labute approximate surface area is 180 Å². The number of hydrazone groups is 1. The van der Waals surface area contributed by atoms with Crippen LogP contribution in [0.3, 0.4) is 0 Å². The van der Waals surface area contributed by atoms with Crippen molar-refractivity contribution in [1.82, 2.24) is 15.4 Å². The first-order valence-electron chi connectivity index (χ1n) is 9.74. The molecule has 8 heteroatoms. The lowest BCUT2D eigenvalue weighted by molar-refractivity contribution is 0.0950. The van der Waals surface area contributed by atoms with Gasteiger partial charge in [0.2, 0.25) is 0 Å². The van der Waals surface area contributed by atoms with Crippen LogP contribution in [0.2, 0.25) is 0 Å². The molecule has 0 saturated carbocycles. The number of carbonyl (C=O) groups excluding carboxylic acids is 1. The molecule has 1 heterocycles. The number of methoxy groups -OCH3 is 2. The molecule has 3 rings (SSSR count). The summed E-state index contributed by atoms with van der Waals surface area (Å²) in [5.74, 6) is 1.56. The number of hydrogen-bond donors (Lipinski definition) is 1. The van der Waals surface area contributed by atoms with E-state index in [1.807, 2.05) is 24.3 Å². The van der Waals surface area contributed by atoms with E-state index in [2.05, 4.69) is 27.4 Å². The van der Waals surface area contributed by atoms with Crippen molar-refractivity contribution in [3.8, 4) is 28.5 Å². The molecule has 8 nitrogen and oxygen atoms in total. The minimum atomic E-state index is -0.469. The Balaban J connectivity index is 1.68. The minimum Gasteiger partial charge on any atom is -0.497 e. The normalized spacial score (nSPS) is 10.7. The second-order valence-electron chi connectivity index (χ2n) is 6.51. The van der Waals surface area contributed by atoms with Crippen LogP contribution in [-0.4, -0.2) is 42.9 Å². The summed E-state index contributed by atoms with van der Waals surface area (Å²) in [6.07, 6.45) is 5.43. The van der Waals surface area contributed by atoms with Crippen molar-refractivity contribution in [3.63, 3.8) is 0 Å². The SMILES string of the molecule is CCCOc1ccc(-c2cncc(C(=O)N/N=C/c3cc(OC)cc(OC)c3)n2)cc1. The maximum absolute atomic E-state index is 12.4. The van der Waals surface area contributed by atoms with Crippen molar-refractivity contribution in [2.24, 2.45) is 5.10 Å². The summed E-state index contributed by atoms with van der Waals surface area (Å²) in [7, 11) is 3.13. The molecule has 160 valence electrons. The molecule has 0 fully saturated rings. The zero-order valence-corrected chi connectivity index (χ0v) is 17.7. The molecule has 31 heavy (non-hydrogen) atoms. The number of hydrogen-bond acceptors (Lipinski definition) is 7. The van der Waals surface area contributed by atoms with E-state index in [1.54, 1.807) is 38.6 Å². The highest BCUT2D eigenvalue weighted by Gasteiger charge is 2.09. The van der Waals surface area contributed by atoms with Crippen LogP contribution in [0.25, 0.3) is 11.3 Å². The summed E-state index contributed by atoms with van der Waals surface area (Å²) < 4.78 is 16.0. The van der Waals surface area contributed by atoms with Gasteiger partial charge in [0, 0.05) is 17.2 Å². The van der Waals surface area contributed by atoms with E-state index in [0.29, 0.717) is 29.4 Å². The lowest BCUT2D eigenvalue weighted by Gasteiger charge is -2.07. The van der Waals surface area contributed by atoms with Crippen LogP contribution in [0.4, 0.5) is 0 Å². The summed E-state index contributed by atoms with van der Waals surface area (Å²) in [5.41, 5.74) is 4.74. The molecule has 1 amide bonds. The van der Waals surface area contributed by atoms with Crippen molar-refractivity contribution in [1.29, 1.82) is 0 Å². The molecule has 0 bridgehead atoms. The molecule has 0 aliphatic heterocycles. The summed E-state index contributed by atoms with van der Waals surface area (Å²) >= 11 is 0. The largest absolute Gasteiger partial charge is 0.497 e. The van der Waals surface area contributed by atoms with Crippen LogP contribution < -0.4 is 19.6 Å². The van der Waals surface area contributed by atoms with Gasteiger partial charge in [-0.05, 0) is 42.8 Å². The number of aromatic nitrogens is 2. The number of ether oxygens (including phenoxy) is 3. The molecule has 0 radical (unpaired) electrons. The monoisotopic (exact) mass is 420 g/mol. The topological polar surface area (TPSA) is 94.9 Å². The Morgan fingerprint density at radius 1 is 1.03 bits per heavy atom. The average Bonchev–Trinajstić information content (AvgIpc) is 2.82. The average molecular weight is 420 g/mol. The standard InChI is InChI=1S/C23H24N4O4/c1-4-9-31-18-7-5-17(6-8-18)21-14-24-15-22(26-21)23(28)27-25-13-16-10-19(29-2)12-20(11-16)30-3/h5-8,10-15H,4,9H2,1-3H3,(H,27,28)/b25-13+. The molecule has 1 N–H and O–H groups in total. The first-order valence-corrected chi connectivity index (χ1v) is 9.74. The number of rotatable bonds is 9. The zero-order valence-electron chi connectivity index (χ0n) is 17.7. The van der Waals surface area contributed by atoms with Crippen molar-refractivity contribution in [3.05, 3.63) is 66.1 Å². The quantitative estimate of drug-likeness (QED) is 0.419. The molecule has 0 atom stereocenters. The molecule has 0 spiro atoms. The van der Waals surface area contributed by atoms with Gasteiger partial charge in [0.05, 0.1) is 45.1 Å². The van der Waals surface area contributed by atoms with E-state index in [0.717, 1.165) is 17.7 Å². The fourth-order valence-electron chi connectivity index (χ4n) is 2.68. The van der Waals surface area contributed by atoms with Crippen molar-refractivity contribution in [2.75, 3.05) is 20.8 Å². The fourth-order valence-corrected chi connectivity index (χ4v) is 2.68. The van der Waals surface area contributed by atoms with Crippen LogP contribution >= 0.6 is 0 Å². The van der Waals surface area contributed by atoms with Gasteiger partial charge in [0.1, 0.15) is 22.9 Å². The minimum absolute atomic E-state index is 0.157. The summed E-state index contributed by atoms with van der Waals surface area (Å²) in [5, 5.41) is 3.99. The van der Waals surface area contributed by atoms with Crippen LogP contribution in [0.15, 0.2) is 60.0 Å². The van der Waals surface area contributed by atoms with E-state index >= 15 is 0 Å². The lowest BCUT2D eigenvalue weighted by Crippen LogP contribution is -2.19. The predicted molar refractivity (Wildman–Crippen MR) is 118 cm³/mol. The number of benzene rings is 2. The van der Waals surface area contributed by atoms with Gasteiger partial charge >= 0.3 is 0 Å². The first kappa shape index (κ1) is 21.8. The summed E-state index contributed by atoms with van der Waals surface area (Å²) in [4.78, 5) is 21.0. The highest BCUT2D eigenvalue weighted by Crippen LogP contribution is 2.22.